The average molecular weight is 469 g/mol. The number of rotatable bonds is 2. The SMILES string of the molecule is CC(=O)O[C@H]1CCC2C(=CCC3C2(C)CC[C@]2(C)C4CCC(C(C)C)C4(C)CC[C@@]32C)C1(C)C. The Kier molecular flexibility index (Phi) is 5.57. The third-order valence-corrected chi connectivity index (χ3v) is 13.5. The molecule has 0 aromatic rings. The molecule has 5 rings (SSSR count). The van der Waals surface area contributed by atoms with Crippen LogP contribution in [0, 0.1) is 56.7 Å². The standard InChI is InChI=1S/C32H52O2/c1-20(2)22-10-13-25-29(22,6)16-18-32(9)26-14-11-23-24(30(26,7)17-19-31(25,32)8)12-15-27(28(23,4)5)34-21(3)33/h11,20,22,24-27H,10,12-19H2,1-9H3/t22?,24?,25?,26?,27-,29?,30?,31+,32-/m0/s1. The van der Waals surface area contributed by atoms with Gasteiger partial charge in [0.15, 0.2) is 0 Å². The molecule has 0 heterocycles. The third kappa shape index (κ3) is 3.01. The van der Waals surface area contributed by atoms with Crippen LogP contribution >= 0.6 is 0 Å². The predicted octanol–water partition coefficient (Wildman–Crippen LogP) is 8.60. The van der Waals surface area contributed by atoms with E-state index in [1.165, 1.54) is 51.4 Å². The lowest BCUT2D eigenvalue weighted by atomic mass is 9.33. The number of esters is 1. The lowest BCUT2D eigenvalue weighted by Crippen LogP contribution is -2.64. The smallest absolute Gasteiger partial charge is 0.302 e. The van der Waals surface area contributed by atoms with Gasteiger partial charge in [-0.25, -0.2) is 0 Å². The Balaban J connectivity index is 1.51. The molecule has 0 spiro atoms. The lowest BCUT2D eigenvalue weighted by molar-refractivity contribution is -0.214. The maximum atomic E-state index is 11.8. The first kappa shape index (κ1) is 24.9. The highest BCUT2D eigenvalue weighted by Gasteiger charge is 2.70. The van der Waals surface area contributed by atoms with Gasteiger partial charge in [-0.1, -0.05) is 67.0 Å². The van der Waals surface area contributed by atoms with Gasteiger partial charge >= 0.3 is 5.97 Å². The first-order valence-corrected chi connectivity index (χ1v) is 14.6. The molecular weight excluding hydrogens is 416 g/mol. The highest BCUT2D eigenvalue weighted by Crippen LogP contribution is 2.77. The Bertz CT molecular complexity index is 883. The van der Waals surface area contributed by atoms with Gasteiger partial charge in [-0.15, -0.1) is 0 Å². The van der Waals surface area contributed by atoms with Crippen molar-refractivity contribution in [3.8, 4) is 0 Å². The Morgan fingerprint density at radius 2 is 1.47 bits per heavy atom. The zero-order chi connectivity index (χ0) is 24.9. The van der Waals surface area contributed by atoms with Crippen LogP contribution in [0.2, 0.25) is 0 Å². The van der Waals surface area contributed by atoms with Gasteiger partial charge in [0.05, 0.1) is 0 Å². The van der Waals surface area contributed by atoms with Crippen molar-refractivity contribution in [1.29, 1.82) is 0 Å². The minimum absolute atomic E-state index is 0.0268. The molecule has 4 saturated carbocycles. The van der Waals surface area contributed by atoms with Crippen molar-refractivity contribution < 1.29 is 9.53 Å². The predicted molar refractivity (Wildman–Crippen MR) is 140 cm³/mol. The molecule has 34 heavy (non-hydrogen) atoms. The first-order chi connectivity index (χ1) is 15.7. The summed E-state index contributed by atoms with van der Waals surface area (Å²) >= 11 is 0. The molecule has 0 aromatic carbocycles. The van der Waals surface area contributed by atoms with Crippen LogP contribution in [-0.2, 0) is 9.53 Å². The van der Waals surface area contributed by atoms with Crippen LogP contribution in [0.1, 0.15) is 120 Å². The maximum absolute atomic E-state index is 11.8. The number of fused-ring (bicyclic) bond motifs is 7. The van der Waals surface area contributed by atoms with E-state index in [1.807, 2.05) is 0 Å². The maximum Gasteiger partial charge on any atom is 0.302 e. The van der Waals surface area contributed by atoms with E-state index in [0.29, 0.717) is 27.6 Å². The largest absolute Gasteiger partial charge is 0.462 e. The van der Waals surface area contributed by atoms with Gasteiger partial charge < -0.3 is 4.74 Å². The van der Waals surface area contributed by atoms with Crippen LogP contribution in [0.5, 0.6) is 0 Å². The van der Waals surface area contributed by atoms with Crippen LogP contribution in [0.25, 0.3) is 0 Å². The van der Waals surface area contributed by atoms with E-state index in [4.69, 9.17) is 4.74 Å². The summed E-state index contributed by atoms with van der Waals surface area (Å²) in [6, 6.07) is 0. The molecule has 5 aliphatic rings. The summed E-state index contributed by atoms with van der Waals surface area (Å²) < 4.78 is 5.85. The fraction of sp³-hybridized carbons (Fsp3) is 0.906. The van der Waals surface area contributed by atoms with E-state index in [0.717, 1.165) is 30.1 Å². The van der Waals surface area contributed by atoms with Gasteiger partial charge in [0.1, 0.15) is 6.10 Å². The van der Waals surface area contributed by atoms with E-state index >= 15 is 0 Å². The van der Waals surface area contributed by atoms with Crippen LogP contribution in [0.15, 0.2) is 11.6 Å². The highest BCUT2D eigenvalue weighted by molar-refractivity contribution is 5.66. The molecule has 192 valence electrons. The molecule has 0 radical (unpaired) electrons. The molecule has 4 fully saturated rings. The topological polar surface area (TPSA) is 26.3 Å². The summed E-state index contributed by atoms with van der Waals surface area (Å²) in [6.07, 6.45) is 14.6. The summed E-state index contributed by atoms with van der Waals surface area (Å²) in [5, 5.41) is 0. The molecule has 0 aliphatic heterocycles. The molecule has 6 unspecified atom stereocenters. The number of carbonyl (C=O) groups is 1. The normalized spacial score (nSPS) is 51.6. The fourth-order valence-corrected chi connectivity index (χ4v) is 11.6. The van der Waals surface area contributed by atoms with Crippen LogP contribution in [0.3, 0.4) is 0 Å². The highest BCUT2D eigenvalue weighted by atomic mass is 16.5. The summed E-state index contributed by atoms with van der Waals surface area (Å²) in [6.45, 7) is 22.0. The monoisotopic (exact) mass is 468 g/mol. The summed E-state index contributed by atoms with van der Waals surface area (Å²) in [7, 11) is 0. The zero-order valence-corrected chi connectivity index (χ0v) is 23.7. The molecule has 0 aromatic heterocycles. The van der Waals surface area contributed by atoms with E-state index in [-0.39, 0.29) is 17.5 Å². The summed E-state index contributed by atoms with van der Waals surface area (Å²) in [4.78, 5) is 11.8. The minimum atomic E-state index is -0.125. The Labute approximate surface area is 210 Å². The molecular formula is C32H52O2. The molecule has 5 aliphatic carbocycles. The number of hydrogen-bond acceptors (Lipinski definition) is 2. The van der Waals surface area contributed by atoms with Crippen molar-refractivity contribution in [3.63, 3.8) is 0 Å². The van der Waals surface area contributed by atoms with Crippen molar-refractivity contribution in [1.82, 2.24) is 0 Å². The zero-order valence-electron chi connectivity index (χ0n) is 23.7. The van der Waals surface area contributed by atoms with E-state index in [1.54, 1.807) is 12.5 Å². The van der Waals surface area contributed by atoms with E-state index < -0.39 is 0 Å². The molecule has 0 N–H and O–H groups in total. The van der Waals surface area contributed by atoms with Crippen molar-refractivity contribution >= 4 is 5.97 Å². The molecule has 9 atom stereocenters. The van der Waals surface area contributed by atoms with Crippen LogP contribution < -0.4 is 0 Å². The average Bonchev–Trinajstić information content (AvgIpc) is 3.10. The molecule has 0 bridgehead atoms. The molecule has 2 nitrogen and oxygen atoms in total. The first-order valence-electron chi connectivity index (χ1n) is 14.6. The molecule has 0 saturated heterocycles. The Morgan fingerprint density at radius 1 is 0.853 bits per heavy atom. The lowest BCUT2D eigenvalue weighted by Gasteiger charge is -2.71. The van der Waals surface area contributed by atoms with Crippen LogP contribution in [-0.4, -0.2) is 12.1 Å². The van der Waals surface area contributed by atoms with Gasteiger partial charge in [0.25, 0.3) is 0 Å². The van der Waals surface area contributed by atoms with Crippen molar-refractivity contribution in [2.45, 2.75) is 126 Å². The van der Waals surface area contributed by atoms with Crippen LogP contribution in [0.4, 0.5) is 0 Å². The Morgan fingerprint density at radius 3 is 2.09 bits per heavy atom. The fourth-order valence-electron chi connectivity index (χ4n) is 11.6. The molecule has 0 amide bonds. The van der Waals surface area contributed by atoms with Crippen molar-refractivity contribution in [3.05, 3.63) is 11.6 Å². The number of carbonyl (C=O) groups excluding carboxylic acids is 1. The van der Waals surface area contributed by atoms with Gasteiger partial charge in [-0.05, 0) is 109 Å². The molecule has 2 heteroatoms. The minimum Gasteiger partial charge on any atom is -0.462 e. The quantitative estimate of drug-likeness (QED) is 0.299. The summed E-state index contributed by atoms with van der Waals surface area (Å²) in [5.74, 6) is 3.90. The van der Waals surface area contributed by atoms with Crippen molar-refractivity contribution in [2.75, 3.05) is 0 Å². The van der Waals surface area contributed by atoms with E-state index in [9.17, 15) is 4.79 Å². The number of hydrogen-bond donors (Lipinski definition) is 0. The number of ether oxygens (including phenoxy) is 1. The summed E-state index contributed by atoms with van der Waals surface area (Å²) in [5.41, 5.74) is 3.36. The van der Waals surface area contributed by atoms with Gasteiger partial charge in [0.2, 0.25) is 0 Å². The van der Waals surface area contributed by atoms with Gasteiger partial charge in [-0.3, -0.25) is 4.79 Å². The third-order valence-electron chi connectivity index (χ3n) is 13.5. The second kappa shape index (κ2) is 7.61. The van der Waals surface area contributed by atoms with Gasteiger partial charge in [-0.2, -0.15) is 0 Å². The van der Waals surface area contributed by atoms with E-state index in [2.05, 4.69) is 61.5 Å². The number of allylic oxidation sites excluding steroid dienone is 1. The van der Waals surface area contributed by atoms with Gasteiger partial charge in [0, 0.05) is 12.3 Å². The second-order valence-corrected chi connectivity index (χ2v) is 15.2. The second-order valence-electron chi connectivity index (χ2n) is 15.2. The van der Waals surface area contributed by atoms with Crippen molar-refractivity contribution in [2.24, 2.45) is 56.7 Å². The Hall–Kier alpha value is -0.790.